The van der Waals surface area contributed by atoms with Crippen LogP contribution in [0.4, 0.5) is 11.4 Å². The van der Waals surface area contributed by atoms with E-state index in [-0.39, 0.29) is 21.2 Å². The van der Waals surface area contributed by atoms with Gasteiger partial charge in [0, 0.05) is 12.1 Å². The van der Waals surface area contributed by atoms with Gasteiger partial charge >= 0.3 is 0 Å². The first-order chi connectivity index (χ1) is 23.0. The summed E-state index contributed by atoms with van der Waals surface area (Å²) in [5.74, 6) is 0. The molecule has 0 aliphatic heterocycles. The van der Waals surface area contributed by atoms with Crippen molar-refractivity contribution >= 4 is 11.4 Å². The molecule has 2 aromatic carbocycles. The van der Waals surface area contributed by atoms with Gasteiger partial charge in [0.25, 0.3) is 11.4 Å². The Labute approximate surface area is 285 Å². The maximum Gasteiger partial charge on any atom is 0.275 e. The largest absolute Gasteiger partial charge is 0.365 e. The molecular formula is C40H64N2O5. The van der Waals surface area contributed by atoms with Crippen molar-refractivity contribution in [1.29, 1.82) is 0 Å². The van der Waals surface area contributed by atoms with Crippen LogP contribution in [0.3, 0.4) is 0 Å². The van der Waals surface area contributed by atoms with E-state index in [0.717, 1.165) is 38.5 Å². The normalized spacial score (nSPS) is 12.6. The van der Waals surface area contributed by atoms with E-state index in [1.54, 1.807) is 24.3 Å². The number of rotatable bonds is 30. The second-order valence-corrected chi connectivity index (χ2v) is 13.4. The highest BCUT2D eigenvalue weighted by Crippen LogP contribution is 2.40. The highest BCUT2D eigenvalue weighted by atomic mass is 16.6. The molecule has 0 aromatic heterocycles. The van der Waals surface area contributed by atoms with E-state index < -0.39 is 12.2 Å². The summed E-state index contributed by atoms with van der Waals surface area (Å²) in [5.41, 5.74) is 1.23. The monoisotopic (exact) mass is 652 g/mol. The van der Waals surface area contributed by atoms with Gasteiger partial charge in [-0.25, -0.2) is 0 Å². The smallest absolute Gasteiger partial charge is 0.275 e. The van der Waals surface area contributed by atoms with Gasteiger partial charge in [0.05, 0.1) is 33.2 Å². The summed E-state index contributed by atoms with van der Waals surface area (Å²) in [4.78, 5) is 23.4. The lowest BCUT2D eigenvalue weighted by Gasteiger charge is -2.26. The van der Waals surface area contributed by atoms with Crippen LogP contribution in [0.5, 0.6) is 0 Å². The van der Waals surface area contributed by atoms with Gasteiger partial charge in [-0.2, -0.15) is 0 Å². The minimum Gasteiger partial charge on any atom is -0.365 e. The number of nitro groups is 2. The maximum atomic E-state index is 12.0. The minimum absolute atomic E-state index is 0.0524. The number of hydrogen-bond acceptors (Lipinski definition) is 5. The van der Waals surface area contributed by atoms with Crippen molar-refractivity contribution in [1.82, 2.24) is 0 Å². The zero-order valence-electron chi connectivity index (χ0n) is 29.7. The molecule has 0 bridgehead atoms. The summed E-state index contributed by atoms with van der Waals surface area (Å²) in [6, 6.07) is 13.7. The average molecular weight is 653 g/mol. The molecule has 2 atom stereocenters. The molecule has 2 rings (SSSR count). The Morgan fingerprint density at radius 1 is 0.468 bits per heavy atom. The fourth-order valence-electron chi connectivity index (χ4n) is 6.63. The first-order valence-electron chi connectivity index (χ1n) is 19.1. The van der Waals surface area contributed by atoms with Crippen molar-refractivity contribution in [3.8, 4) is 0 Å². The van der Waals surface area contributed by atoms with Crippen molar-refractivity contribution in [3.05, 3.63) is 79.9 Å². The van der Waals surface area contributed by atoms with E-state index in [1.807, 2.05) is 12.1 Å². The number of para-hydroxylation sites is 2. The Morgan fingerprint density at radius 3 is 1.04 bits per heavy atom. The van der Waals surface area contributed by atoms with E-state index in [1.165, 1.54) is 115 Å². The molecule has 2 unspecified atom stereocenters. The zero-order chi connectivity index (χ0) is 34.0. The molecule has 0 radical (unpaired) electrons. The Balaban J connectivity index is 2.04. The predicted molar refractivity (Wildman–Crippen MR) is 195 cm³/mol. The molecule has 0 heterocycles. The van der Waals surface area contributed by atoms with Gasteiger partial charge in [0.15, 0.2) is 0 Å². The van der Waals surface area contributed by atoms with Gasteiger partial charge in [-0.3, -0.25) is 20.2 Å². The Hall–Kier alpha value is -2.80. The molecule has 0 saturated heterocycles. The Bertz CT molecular complexity index is 1020. The molecule has 0 N–H and O–H groups in total. The third kappa shape index (κ3) is 17.2. The zero-order valence-corrected chi connectivity index (χ0v) is 29.7. The first-order valence-corrected chi connectivity index (χ1v) is 19.1. The summed E-state index contributed by atoms with van der Waals surface area (Å²) in [5, 5.41) is 24.1. The van der Waals surface area contributed by atoms with Gasteiger partial charge < -0.3 is 4.74 Å². The van der Waals surface area contributed by atoms with E-state index in [4.69, 9.17) is 4.74 Å². The average Bonchev–Trinajstić information content (AvgIpc) is 3.08. The third-order valence-corrected chi connectivity index (χ3v) is 9.43. The fraction of sp³-hybridized carbons (Fsp3) is 0.700. The topological polar surface area (TPSA) is 95.5 Å². The number of nitro benzene ring substituents is 2. The van der Waals surface area contributed by atoms with Crippen molar-refractivity contribution in [2.45, 2.75) is 180 Å². The second-order valence-electron chi connectivity index (χ2n) is 13.4. The van der Waals surface area contributed by atoms with Crippen LogP contribution in [0.15, 0.2) is 48.5 Å². The van der Waals surface area contributed by atoms with Crippen LogP contribution >= 0.6 is 0 Å². The lowest BCUT2D eigenvalue weighted by atomic mass is 9.97. The van der Waals surface area contributed by atoms with Crippen LogP contribution in [-0.4, -0.2) is 9.85 Å². The van der Waals surface area contributed by atoms with Gasteiger partial charge in [0.2, 0.25) is 0 Å². The molecule has 0 spiro atoms. The first kappa shape index (κ1) is 40.4. The number of unbranched alkanes of at least 4 members (excludes halogenated alkanes) is 20. The molecular weight excluding hydrogens is 588 g/mol. The molecule has 0 saturated carbocycles. The lowest BCUT2D eigenvalue weighted by Crippen LogP contribution is -2.14. The van der Waals surface area contributed by atoms with Gasteiger partial charge in [-0.1, -0.05) is 179 Å². The molecule has 7 nitrogen and oxygen atoms in total. The summed E-state index contributed by atoms with van der Waals surface area (Å²) in [7, 11) is 0. The summed E-state index contributed by atoms with van der Waals surface area (Å²) in [6.07, 6.45) is 27.2. The lowest BCUT2D eigenvalue weighted by molar-refractivity contribution is -0.387. The molecule has 264 valence electrons. The number of ether oxygens (including phenoxy) is 1. The summed E-state index contributed by atoms with van der Waals surface area (Å²) >= 11 is 0. The van der Waals surface area contributed by atoms with Crippen LogP contribution in [0, 0.1) is 20.2 Å². The second kappa shape index (κ2) is 26.2. The van der Waals surface area contributed by atoms with E-state index in [0.29, 0.717) is 24.0 Å². The van der Waals surface area contributed by atoms with E-state index in [9.17, 15) is 20.2 Å². The van der Waals surface area contributed by atoms with Gasteiger partial charge in [-0.05, 0) is 25.0 Å². The third-order valence-electron chi connectivity index (χ3n) is 9.43. The minimum atomic E-state index is -0.507. The molecule has 2 aromatic rings. The molecule has 0 aliphatic rings. The predicted octanol–water partition coefficient (Wildman–Crippen LogP) is 13.7. The Kier molecular flexibility index (Phi) is 22.5. The molecule has 47 heavy (non-hydrogen) atoms. The van der Waals surface area contributed by atoms with Crippen LogP contribution in [0.1, 0.15) is 191 Å². The summed E-state index contributed by atoms with van der Waals surface area (Å²) in [6.45, 7) is 4.49. The van der Waals surface area contributed by atoms with Crippen molar-refractivity contribution in [2.24, 2.45) is 0 Å². The van der Waals surface area contributed by atoms with Crippen LogP contribution in [0.2, 0.25) is 0 Å². The molecule has 0 amide bonds. The standard InChI is InChI=1S/C40H64N2O5/c1-3-5-7-9-11-13-15-17-19-21-23-33-39(35-29-25-27-31-37(35)41(43)44)47-40(36-30-26-28-32-38(36)42(45)46)34-24-22-20-18-16-14-12-10-8-6-4-2/h25-32,39-40H,3-24,33-34H2,1-2H3. The highest BCUT2D eigenvalue weighted by Gasteiger charge is 2.29. The van der Waals surface area contributed by atoms with Crippen LogP contribution < -0.4 is 0 Å². The van der Waals surface area contributed by atoms with E-state index >= 15 is 0 Å². The van der Waals surface area contributed by atoms with Crippen molar-refractivity contribution in [3.63, 3.8) is 0 Å². The Morgan fingerprint density at radius 2 is 0.745 bits per heavy atom. The van der Waals surface area contributed by atoms with Crippen LogP contribution in [0.25, 0.3) is 0 Å². The fourth-order valence-corrected chi connectivity index (χ4v) is 6.63. The molecule has 0 fully saturated rings. The number of benzene rings is 2. The SMILES string of the molecule is CCCCCCCCCCCCCC(OC(CCCCCCCCCCCCC)c1ccccc1[N+](=O)[O-])c1ccccc1[N+](=O)[O-]. The molecule has 7 heteroatoms. The van der Waals surface area contributed by atoms with E-state index in [2.05, 4.69) is 13.8 Å². The quantitative estimate of drug-likeness (QED) is 0.0475. The number of hydrogen-bond donors (Lipinski definition) is 0. The summed E-state index contributed by atoms with van der Waals surface area (Å²) < 4.78 is 6.78. The highest BCUT2D eigenvalue weighted by molar-refractivity contribution is 5.43. The van der Waals surface area contributed by atoms with Crippen LogP contribution in [-0.2, 0) is 4.74 Å². The van der Waals surface area contributed by atoms with Crippen molar-refractivity contribution in [2.75, 3.05) is 0 Å². The van der Waals surface area contributed by atoms with Crippen molar-refractivity contribution < 1.29 is 14.6 Å². The van der Waals surface area contributed by atoms with Gasteiger partial charge in [0.1, 0.15) is 0 Å². The van der Waals surface area contributed by atoms with Gasteiger partial charge in [-0.15, -0.1) is 0 Å². The maximum absolute atomic E-state index is 12.0. The molecule has 0 aliphatic carbocycles. The number of nitrogens with zero attached hydrogens (tertiary/aromatic N) is 2.